The second-order valence-electron chi connectivity index (χ2n) is 2.74. The maximum Gasteiger partial charge on any atom is 0.334 e. The van der Waals surface area contributed by atoms with Crippen LogP contribution in [0, 0.1) is 17.0 Å². The molecule has 0 aliphatic carbocycles. The van der Waals surface area contributed by atoms with E-state index in [1.165, 1.54) is 6.07 Å². The van der Waals surface area contributed by atoms with E-state index in [2.05, 4.69) is 4.98 Å². The van der Waals surface area contributed by atoms with Crippen LogP contribution in [0.15, 0.2) is 10.9 Å². The van der Waals surface area contributed by atoms with Gasteiger partial charge in [-0.05, 0) is 18.9 Å². The maximum atomic E-state index is 11.1. The van der Waals surface area contributed by atoms with Crippen molar-refractivity contribution < 1.29 is 4.92 Å². The number of nitro groups is 1. The molecule has 1 aromatic rings. The Balaban J connectivity index is 3.39. The summed E-state index contributed by atoms with van der Waals surface area (Å²) >= 11 is 0. The van der Waals surface area contributed by atoms with Gasteiger partial charge in [0.05, 0.1) is 4.92 Å². The first-order valence-electron chi connectivity index (χ1n) is 3.93. The molecule has 0 bridgehead atoms. The van der Waals surface area contributed by atoms with Gasteiger partial charge < -0.3 is 4.98 Å². The molecular weight excluding hydrogens is 174 g/mol. The largest absolute Gasteiger partial charge is 0.334 e. The van der Waals surface area contributed by atoms with Crippen LogP contribution >= 0.6 is 0 Å². The molecule has 0 atom stereocenters. The molecule has 0 spiro atoms. The van der Waals surface area contributed by atoms with Crippen LogP contribution in [0.5, 0.6) is 0 Å². The third-order valence-electron chi connectivity index (χ3n) is 1.90. The molecule has 0 aliphatic rings. The van der Waals surface area contributed by atoms with E-state index in [0.717, 1.165) is 5.56 Å². The minimum atomic E-state index is -0.669. The highest BCUT2D eigenvalue weighted by molar-refractivity contribution is 5.33. The normalized spacial score (nSPS) is 10.0. The van der Waals surface area contributed by atoms with E-state index in [9.17, 15) is 14.9 Å². The van der Waals surface area contributed by atoms with Gasteiger partial charge in [0, 0.05) is 11.8 Å². The Bertz CT molecular complexity index is 395. The van der Waals surface area contributed by atoms with Crippen LogP contribution in [-0.2, 0) is 6.42 Å². The Kier molecular flexibility index (Phi) is 2.46. The molecule has 13 heavy (non-hydrogen) atoms. The summed E-state index contributed by atoms with van der Waals surface area (Å²) in [5.41, 5.74) is 0.464. The average Bonchev–Trinajstić information content (AvgIpc) is 2.03. The molecule has 1 aromatic heterocycles. The lowest BCUT2D eigenvalue weighted by Crippen LogP contribution is -2.13. The molecule has 0 saturated carbocycles. The van der Waals surface area contributed by atoms with E-state index in [0.29, 0.717) is 12.1 Å². The predicted octanol–water partition coefficient (Wildman–Crippen LogP) is 1.15. The summed E-state index contributed by atoms with van der Waals surface area (Å²) in [6, 6.07) is 1.33. The Hall–Kier alpha value is -1.65. The molecule has 1 heterocycles. The van der Waals surface area contributed by atoms with Crippen LogP contribution in [-0.4, -0.2) is 9.91 Å². The average molecular weight is 184 g/mol. The lowest BCUT2D eigenvalue weighted by molar-refractivity contribution is -0.386. The molecule has 5 nitrogen and oxygen atoms in total. The molecule has 0 aliphatic heterocycles. The lowest BCUT2D eigenvalue weighted by atomic mass is 10.2. The summed E-state index contributed by atoms with van der Waals surface area (Å²) in [6.45, 7) is 3.61. The highest BCUT2D eigenvalue weighted by Crippen LogP contribution is 2.10. The molecule has 0 amide bonds. The van der Waals surface area contributed by atoms with E-state index < -0.39 is 10.5 Å². The first-order chi connectivity index (χ1) is 6.06. The van der Waals surface area contributed by atoms with Gasteiger partial charge in [0.1, 0.15) is 0 Å². The molecule has 1 N–H and O–H groups in total. The molecule has 1 rings (SSSR count). The van der Waals surface area contributed by atoms with Crippen molar-refractivity contribution in [1.29, 1.82) is 0 Å². The van der Waals surface area contributed by atoms with E-state index in [1.807, 2.05) is 6.92 Å². The summed E-state index contributed by atoms with van der Waals surface area (Å²) in [5, 5.41) is 10.4. The molecule has 0 unspecified atom stereocenters. The highest BCUT2D eigenvalue weighted by Gasteiger charge is 2.13. The fraction of sp³-hybridized carbons (Fsp3) is 0.375. The van der Waals surface area contributed by atoms with Crippen LogP contribution in [0.2, 0.25) is 0 Å². The maximum absolute atomic E-state index is 11.1. The number of aromatic nitrogens is 1. The van der Waals surface area contributed by atoms with Crippen LogP contribution < -0.4 is 5.56 Å². The summed E-state index contributed by atoms with van der Waals surface area (Å²) in [6.07, 6.45) is 0.670. The second kappa shape index (κ2) is 3.38. The summed E-state index contributed by atoms with van der Waals surface area (Å²) in [5.74, 6) is 0. The summed E-state index contributed by atoms with van der Waals surface area (Å²) < 4.78 is 0. The number of aromatic amines is 1. The molecule has 0 saturated heterocycles. The monoisotopic (exact) mass is 184 g/mol. The van der Waals surface area contributed by atoms with E-state index >= 15 is 0 Å². The first-order valence-corrected chi connectivity index (χ1v) is 3.93. The van der Waals surface area contributed by atoms with Crippen molar-refractivity contribution in [3.05, 3.63) is 37.8 Å². The Morgan fingerprint density at radius 1 is 1.62 bits per heavy atom. The predicted molar refractivity (Wildman–Crippen MR) is 47.8 cm³/mol. The number of nitrogens with one attached hydrogen (secondary N) is 1. The van der Waals surface area contributed by atoms with Gasteiger partial charge in [-0.15, -0.1) is 0 Å². The highest BCUT2D eigenvalue weighted by atomic mass is 16.6. The molecule has 0 aromatic carbocycles. The van der Waals surface area contributed by atoms with Gasteiger partial charge in [0.15, 0.2) is 0 Å². The summed E-state index contributed by atoms with van der Waals surface area (Å²) in [4.78, 5) is 23.2. The van der Waals surface area contributed by atoms with Crippen molar-refractivity contribution in [2.45, 2.75) is 20.3 Å². The standard InChI is InChI=1S/C8H10N2O3/c1-3-6-4-7(10(12)13)8(11)9-5(6)2/h4H,3H2,1-2H3,(H,9,11)/i4+2. The van der Waals surface area contributed by atoms with Crippen molar-refractivity contribution in [3.63, 3.8) is 0 Å². The number of aryl methyl sites for hydroxylation is 2. The fourth-order valence-electron chi connectivity index (χ4n) is 1.16. The zero-order valence-corrected chi connectivity index (χ0v) is 7.46. The Labute approximate surface area is 74.6 Å². The molecular formula is C8H10N2O3. The molecule has 0 radical (unpaired) electrons. The Morgan fingerprint density at radius 3 is 2.69 bits per heavy atom. The van der Waals surface area contributed by atoms with Gasteiger partial charge in [0.25, 0.3) is 0 Å². The van der Waals surface area contributed by atoms with Crippen LogP contribution in [0.1, 0.15) is 18.2 Å². The van der Waals surface area contributed by atoms with E-state index in [-0.39, 0.29) is 5.69 Å². The number of H-pyrrole nitrogens is 1. The van der Waals surface area contributed by atoms with Gasteiger partial charge in [-0.2, -0.15) is 0 Å². The number of nitrogens with zero attached hydrogens (tertiary/aromatic N) is 1. The van der Waals surface area contributed by atoms with Crippen LogP contribution in [0.4, 0.5) is 5.69 Å². The minimum Gasteiger partial charge on any atom is -0.320 e. The number of rotatable bonds is 2. The zero-order valence-electron chi connectivity index (χ0n) is 7.46. The number of hydrogen-bond acceptors (Lipinski definition) is 3. The van der Waals surface area contributed by atoms with Gasteiger partial charge >= 0.3 is 11.2 Å². The van der Waals surface area contributed by atoms with Crippen LogP contribution in [0.25, 0.3) is 0 Å². The van der Waals surface area contributed by atoms with E-state index in [4.69, 9.17) is 0 Å². The van der Waals surface area contributed by atoms with Crippen molar-refractivity contribution in [2.24, 2.45) is 0 Å². The lowest BCUT2D eigenvalue weighted by Gasteiger charge is -2.00. The molecule has 0 fully saturated rings. The fourth-order valence-corrected chi connectivity index (χ4v) is 1.16. The van der Waals surface area contributed by atoms with E-state index in [1.54, 1.807) is 6.92 Å². The first kappa shape index (κ1) is 9.44. The molecule has 5 heteroatoms. The zero-order chi connectivity index (χ0) is 10.0. The smallest absolute Gasteiger partial charge is 0.320 e. The second-order valence-corrected chi connectivity index (χ2v) is 2.74. The number of pyridine rings is 1. The minimum absolute atomic E-state index is 0.387. The van der Waals surface area contributed by atoms with Gasteiger partial charge in [0.2, 0.25) is 0 Å². The molecule has 70 valence electrons. The quantitative estimate of drug-likeness (QED) is 0.553. The van der Waals surface area contributed by atoms with Crippen molar-refractivity contribution in [3.8, 4) is 0 Å². The number of hydrogen-bond donors (Lipinski definition) is 1. The van der Waals surface area contributed by atoms with Crippen molar-refractivity contribution in [2.75, 3.05) is 0 Å². The topological polar surface area (TPSA) is 76.0 Å². The van der Waals surface area contributed by atoms with Gasteiger partial charge in [-0.1, -0.05) is 6.92 Å². The SMILES string of the molecule is CCc1[14cH]c([N+](=O)[O-])c(=O)[nH]c1C. The van der Waals surface area contributed by atoms with Crippen LogP contribution in [0.3, 0.4) is 0 Å². The third-order valence-corrected chi connectivity index (χ3v) is 1.90. The van der Waals surface area contributed by atoms with Crippen molar-refractivity contribution >= 4 is 5.69 Å². The van der Waals surface area contributed by atoms with Gasteiger partial charge in [-0.3, -0.25) is 14.9 Å². The van der Waals surface area contributed by atoms with Gasteiger partial charge in [-0.25, -0.2) is 0 Å². The summed E-state index contributed by atoms with van der Waals surface area (Å²) in [7, 11) is 0. The Morgan fingerprint density at radius 2 is 2.23 bits per heavy atom. The van der Waals surface area contributed by atoms with Crippen molar-refractivity contribution in [1.82, 2.24) is 4.98 Å². The third kappa shape index (κ3) is 1.74.